The molecule has 158 valence electrons. The molecule has 6 heteroatoms. The van der Waals surface area contributed by atoms with Crippen LogP contribution in [0.2, 0.25) is 0 Å². The molecule has 0 heterocycles. The van der Waals surface area contributed by atoms with E-state index in [1.807, 2.05) is 13.0 Å². The Balaban J connectivity index is 1.69. The Labute approximate surface area is 175 Å². The molecule has 4 aliphatic carbocycles. The molecule has 0 aromatic heterocycles. The minimum Gasteiger partial charge on any atom is -0.461 e. The summed E-state index contributed by atoms with van der Waals surface area (Å²) in [5.41, 5.74) is 0.565. The van der Waals surface area contributed by atoms with Gasteiger partial charge in [-0.2, -0.15) is 0 Å². The molecule has 9 atom stereocenters. The Bertz CT molecular complexity index is 665. The molecule has 0 aliphatic heterocycles. The number of ether oxygens (including phenoxy) is 1. The van der Waals surface area contributed by atoms with E-state index in [1.165, 1.54) is 0 Å². The Morgan fingerprint density at radius 3 is 2.71 bits per heavy atom. The van der Waals surface area contributed by atoms with Crippen LogP contribution in [-0.4, -0.2) is 51.0 Å². The molecular weight excluding hydrogens is 424 g/mol. The molecule has 0 aromatic rings. The predicted molar refractivity (Wildman–Crippen MR) is 109 cm³/mol. The first-order chi connectivity index (χ1) is 13.3. The molecule has 0 saturated heterocycles. The summed E-state index contributed by atoms with van der Waals surface area (Å²) in [4.78, 5) is 12.1. The second-order valence-electron chi connectivity index (χ2n) is 9.74. The number of hydrogen-bond donors (Lipinski definition) is 3. The van der Waals surface area contributed by atoms with Crippen molar-refractivity contribution in [3.8, 4) is 0 Å². The zero-order valence-electron chi connectivity index (χ0n) is 16.8. The molecule has 0 aromatic carbocycles. The van der Waals surface area contributed by atoms with Crippen LogP contribution in [0.25, 0.3) is 0 Å². The van der Waals surface area contributed by atoms with Gasteiger partial charge in [-0.25, -0.2) is 0 Å². The quantitative estimate of drug-likeness (QED) is 0.345. The van der Waals surface area contributed by atoms with Gasteiger partial charge in [-0.3, -0.25) is 4.79 Å². The molecule has 3 N–H and O–H groups in total. The number of carbonyl (C=O) groups excluding carboxylic acids is 1. The predicted octanol–water partition coefficient (Wildman–Crippen LogP) is 2.95. The minimum absolute atomic E-state index is 0.0512. The fraction of sp³-hybridized carbons (Fsp3) is 0.864. The maximum atomic E-state index is 12.0. The Morgan fingerprint density at radius 2 is 2.04 bits per heavy atom. The summed E-state index contributed by atoms with van der Waals surface area (Å²) in [7, 11) is 0. The molecule has 0 radical (unpaired) electrons. The Hall–Kier alpha value is -0.430. The second kappa shape index (κ2) is 7.36. The first-order valence-electron chi connectivity index (χ1n) is 10.8. The van der Waals surface area contributed by atoms with Crippen molar-refractivity contribution >= 4 is 21.9 Å². The van der Waals surface area contributed by atoms with Crippen LogP contribution in [0.5, 0.6) is 0 Å². The number of aliphatic hydroxyl groups is 3. The number of halogens is 1. The van der Waals surface area contributed by atoms with E-state index >= 15 is 0 Å². The number of alkyl halides is 1. The zero-order chi connectivity index (χ0) is 20.3. The van der Waals surface area contributed by atoms with Crippen molar-refractivity contribution in [1.29, 1.82) is 0 Å². The standard InChI is InChI=1S/C22H33BrO5/c1-3-18(27)28-20-16(23)10-15-19-14(5-6-21(15,20)2)22(11-24)7-4-13(25)8-12(22)9-17(19)26/h9,13-17,19-20,24-26H,3-8,10-11H2,1-2H3/t13-,14?,15?,16+,17-,19?,20-,21-,22+/m0/s1. The van der Waals surface area contributed by atoms with E-state index in [2.05, 4.69) is 22.9 Å². The van der Waals surface area contributed by atoms with Crippen LogP contribution in [0.3, 0.4) is 0 Å². The van der Waals surface area contributed by atoms with Crippen molar-refractivity contribution in [3.63, 3.8) is 0 Å². The Kier molecular flexibility index (Phi) is 5.48. The molecule has 3 saturated carbocycles. The average molecular weight is 457 g/mol. The van der Waals surface area contributed by atoms with Crippen molar-refractivity contribution in [3.05, 3.63) is 11.6 Å². The fourth-order valence-electron chi connectivity index (χ4n) is 7.09. The number of hydrogen-bond acceptors (Lipinski definition) is 5. The van der Waals surface area contributed by atoms with Crippen molar-refractivity contribution in [2.24, 2.45) is 28.6 Å². The summed E-state index contributed by atoms with van der Waals surface area (Å²) in [6.45, 7) is 4.11. The van der Waals surface area contributed by atoms with Crippen molar-refractivity contribution in [2.45, 2.75) is 81.9 Å². The lowest BCUT2D eigenvalue weighted by Gasteiger charge is -2.59. The third-order valence-corrected chi connectivity index (χ3v) is 9.41. The molecule has 0 amide bonds. The monoisotopic (exact) mass is 456 g/mol. The van der Waals surface area contributed by atoms with Crippen LogP contribution in [0.15, 0.2) is 11.6 Å². The van der Waals surface area contributed by atoms with Gasteiger partial charge in [-0.05, 0) is 56.3 Å². The van der Waals surface area contributed by atoms with E-state index in [1.54, 1.807) is 0 Å². The highest BCUT2D eigenvalue weighted by atomic mass is 79.9. The summed E-state index contributed by atoms with van der Waals surface area (Å²) in [6, 6.07) is 0. The highest BCUT2D eigenvalue weighted by Crippen LogP contribution is 2.66. The number of fused-ring (bicyclic) bond motifs is 5. The SMILES string of the molecule is CCC(=O)O[C@H]1[C@H](Br)CC2C3C(CC[C@@]21C)[C@@]1(CO)CC[C@H](O)CC1=C[C@@H]3O. The lowest BCUT2D eigenvalue weighted by atomic mass is 9.47. The summed E-state index contributed by atoms with van der Waals surface area (Å²) < 4.78 is 5.87. The lowest BCUT2D eigenvalue weighted by Crippen LogP contribution is -2.57. The fourth-order valence-corrected chi connectivity index (χ4v) is 8.21. The highest BCUT2D eigenvalue weighted by molar-refractivity contribution is 9.09. The summed E-state index contributed by atoms with van der Waals surface area (Å²) in [5.74, 6) is 0.319. The number of aliphatic hydroxyl groups excluding tert-OH is 3. The molecule has 0 bridgehead atoms. The van der Waals surface area contributed by atoms with Crippen LogP contribution < -0.4 is 0 Å². The summed E-state index contributed by atoms with van der Waals surface area (Å²) in [5, 5.41) is 31.8. The van der Waals surface area contributed by atoms with Crippen LogP contribution in [0.4, 0.5) is 0 Å². The smallest absolute Gasteiger partial charge is 0.305 e. The first-order valence-corrected chi connectivity index (χ1v) is 11.7. The number of carbonyl (C=O) groups is 1. The van der Waals surface area contributed by atoms with E-state index < -0.39 is 6.10 Å². The molecular formula is C22H33BrO5. The average Bonchev–Trinajstić information content (AvgIpc) is 2.92. The summed E-state index contributed by atoms with van der Waals surface area (Å²) in [6.07, 6.45) is 5.90. The lowest BCUT2D eigenvalue weighted by molar-refractivity contribution is -0.162. The van der Waals surface area contributed by atoms with Crippen LogP contribution in [-0.2, 0) is 9.53 Å². The van der Waals surface area contributed by atoms with Crippen LogP contribution in [0.1, 0.15) is 58.8 Å². The third kappa shape index (κ3) is 2.93. The first kappa shape index (κ1) is 20.8. The zero-order valence-corrected chi connectivity index (χ0v) is 18.4. The van der Waals surface area contributed by atoms with E-state index in [0.717, 1.165) is 31.3 Å². The van der Waals surface area contributed by atoms with E-state index in [-0.39, 0.29) is 58.2 Å². The van der Waals surface area contributed by atoms with Crippen molar-refractivity contribution in [2.75, 3.05) is 6.61 Å². The minimum atomic E-state index is -0.574. The van der Waals surface area contributed by atoms with Crippen LogP contribution in [0, 0.1) is 28.6 Å². The van der Waals surface area contributed by atoms with Crippen molar-refractivity contribution in [1.82, 2.24) is 0 Å². The van der Waals surface area contributed by atoms with Gasteiger partial charge >= 0.3 is 5.97 Å². The topological polar surface area (TPSA) is 87.0 Å². The molecule has 4 rings (SSSR count). The number of esters is 1. The molecule has 28 heavy (non-hydrogen) atoms. The highest BCUT2D eigenvalue weighted by Gasteiger charge is 2.64. The Morgan fingerprint density at radius 1 is 1.29 bits per heavy atom. The van der Waals surface area contributed by atoms with Gasteiger partial charge in [0.15, 0.2) is 0 Å². The molecule has 3 unspecified atom stereocenters. The molecule has 3 fully saturated rings. The van der Waals surface area contributed by atoms with Gasteiger partial charge in [0.1, 0.15) is 6.10 Å². The second-order valence-corrected chi connectivity index (χ2v) is 10.9. The molecule has 5 nitrogen and oxygen atoms in total. The van der Waals surface area contributed by atoms with E-state index in [4.69, 9.17) is 4.74 Å². The van der Waals surface area contributed by atoms with Gasteiger partial charge in [-0.1, -0.05) is 41.4 Å². The summed E-state index contributed by atoms with van der Waals surface area (Å²) >= 11 is 3.77. The molecule has 4 aliphatic rings. The number of rotatable bonds is 3. The van der Waals surface area contributed by atoms with E-state index in [9.17, 15) is 20.1 Å². The maximum absolute atomic E-state index is 12.0. The third-order valence-electron chi connectivity index (χ3n) is 8.55. The van der Waals surface area contributed by atoms with Crippen LogP contribution >= 0.6 is 15.9 Å². The van der Waals surface area contributed by atoms with Gasteiger partial charge in [0.2, 0.25) is 0 Å². The van der Waals surface area contributed by atoms with Gasteiger partial charge in [-0.15, -0.1) is 0 Å². The van der Waals surface area contributed by atoms with Gasteiger partial charge in [0, 0.05) is 17.3 Å². The van der Waals surface area contributed by atoms with Gasteiger partial charge in [0.25, 0.3) is 0 Å². The largest absolute Gasteiger partial charge is 0.461 e. The van der Waals surface area contributed by atoms with Crippen molar-refractivity contribution < 1.29 is 24.9 Å². The molecule has 0 spiro atoms. The van der Waals surface area contributed by atoms with E-state index in [0.29, 0.717) is 19.3 Å². The van der Waals surface area contributed by atoms with Gasteiger partial charge in [0.05, 0.1) is 23.6 Å². The normalized spacial score (nSPS) is 50.2. The maximum Gasteiger partial charge on any atom is 0.305 e. The van der Waals surface area contributed by atoms with Gasteiger partial charge < -0.3 is 20.1 Å².